The molecule has 0 radical (unpaired) electrons. The highest BCUT2D eigenvalue weighted by atomic mass is 16.3. The highest BCUT2D eigenvalue weighted by Gasteiger charge is 2.12. The summed E-state index contributed by atoms with van der Waals surface area (Å²) in [6.45, 7) is 16.6. The standard InChI is InChI=1S/C23H42N4O/c1-6-24-23(25-16-20(13-14-28)15-19(4)5)26-17-21-11-9-10-12-22(21)18-27(7-2)8-3/h9-12,19-20,28H,6-8,13-18H2,1-5H3,(H2,24,25,26). The van der Waals surface area contributed by atoms with Gasteiger partial charge in [-0.15, -0.1) is 0 Å². The van der Waals surface area contributed by atoms with Gasteiger partial charge in [0.15, 0.2) is 5.96 Å². The van der Waals surface area contributed by atoms with E-state index >= 15 is 0 Å². The maximum Gasteiger partial charge on any atom is 0.191 e. The van der Waals surface area contributed by atoms with Crippen LogP contribution in [0, 0.1) is 11.8 Å². The number of nitrogens with one attached hydrogen (secondary N) is 2. The Morgan fingerprint density at radius 3 is 2.32 bits per heavy atom. The summed E-state index contributed by atoms with van der Waals surface area (Å²) >= 11 is 0. The van der Waals surface area contributed by atoms with Gasteiger partial charge in [0.2, 0.25) is 0 Å². The zero-order valence-electron chi connectivity index (χ0n) is 18.7. The summed E-state index contributed by atoms with van der Waals surface area (Å²) in [7, 11) is 0. The van der Waals surface area contributed by atoms with E-state index in [9.17, 15) is 5.11 Å². The van der Waals surface area contributed by atoms with E-state index in [0.29, 0.717) is 18.4 Å². The minimum absolute atomic E-state index is 0.242. The summed E-state index contributed by atoms with van der Waals surface area (Å²) in [5.41, 5.74) is 2.63. The first kappa shape index (κ1) is 24.4. The van der Waals surface area contributed by atoms with Gasteiger partial charge in [0.1, 0.15) is 0 Å². The molecule has 1 atom stereocenters. The molecule has 1 rings (SSSR count). The van der Waals surface area contributed by atoms with Gasteiger partial charge in [-0.05, 0) is 55.8 Å². The van der Waals surface area contributed by atoms with E-state index in [1.807, 2.05) is 0 Å². The monoisotopic (exact) mass is 390 g/mol. The molecular formula is C23H42N4O. The van der Waals surface area contributed by atoms with Gasteiger partial charge >= 0.3 is 0 Å². The zero-order valence-corrected chi connectivity index (χ0v) is 18.7. The lowest BCUT2D eigenvalue weighted by Gasteiger charge is -2.21. The van der Waals surface area contributed by atoms with Crippen molar-refractivity contribution < 1.29 is 5.11 Å². The Bertz CT molecular complexity index is 555. The molecule has 0 heterocycles. The van der Waals surface area contributed by atoms with Crippen LogP contribution in [0.1, 0.15) is 58.6 Å². The average Bonchev–Trinajstić information content (AvgIpc) is 2.68. The molecule has 0 spiro atoms. The Labute approximate surface area is 172 Å². The Kier molecular flexibility index (Phi) is 12.6. The molecule has 0 bridgehead atoms. The van der Waals surface area contributed by atoms with Crippen LogP contribution >= 0.6 is 0 Å². The first-order chi connectivity index (χ1) is 13.5. The summed E-state index contributed by atoms with van der Waals surface area (Å²) < 4.78 is 0. The first-order valence-corrected chi connectivity index (χ1v) is 11.0. The van der Waals surface area contributed by atoms with Crippen molar-refractivity contribution in [3.05, 3.63) is 35.4 Å². The second-order valence-corrected chi connectivity index (χ2v) is 7.81. The molecule has 0 aliphatic carbocycles. The van der Waals surface area contributed by atoms with Crippen molar-refractivity contribution in [1.29, 1.82) is 0 Å². The zero-order chi connectivity index (χ0) is 20.8. The second-order valence-electron chi connectivity index (χ2n) is 7.81. The van der Waals surface area contributed by atoms with Crippen molar-refractivity contribution in [2.24, 2.45) is 16.8 Å². The van der Waals surface area contributed by atoms with Gasteiger partial charge in [-0.25, -0.2) is 4.99 Å². The lowest BCUT2D eigenvalue weighted by Crippen LogP contribution is -2.40. The summed E-state index contributed by atoms with van der Waals surface area (Å²) in [5, 5.41) is 16.2. The quantitative estimate of drug-likeness (QED) is 0.356. The SMILES string of the molecule is CCNC(=NCc1ccccc1CN(CC)CC)NCC(CCO)CC(C)C. The highest BCUT2D eigenvalue weighted by molar-refractivity contribution is 5.79. The average molecular weight is 391 g/mol. The molecular weight excluding hydrogens is 348 g/mol. The third-order valence-corrected chi connectivity index (χ3v) is 5.06. The maximum absolute atomic E-state index is 9.34. The number of aliphatic hydroxyl groups is 1. The number of benzene rings is 1. The summed E-state index contributed by atoms with van der Waals surface area (Å²) in [6, 6.07) is 8.60. The number of rotatable bonds is 13. The minimum Gasteiger partial charge on any atom is -0.396 e. The number of hydrogen-bond donors (Lipinski definition) is 3. The van der Waals surface area contributed by atoms with Gasteiger partial charge in [-0.2, -0.15) is 0 Å². The van der Waals surface area contributed by atoms with Crippen molar-refractivity contribution in [2.75, 3.05) is 32.8 Å². The van der Waals surface area contributed by atoms with Gasteiger partial charge in [0, 0.05) is 26.2 Å². The molecule has 0 aliphatic heterocycles. The molecule has 5 nitrogen and oxygen atoms in total. The van der Waals surface area contributed by atoms with Crippen LogP contribution in [0.3, 0.4) is 0 Å². The number of aliphatic hydroxyl groups excluding tert-OH is 1. The van der Waals surface area contributed by atoms with E-state index in [2.05, 4.69) is 74.4 Å². The number of nitrogens with zero attached hydrogens (tertiary/aromatic N) is 2. The van der Waals surface area contributed by atoms with Crippen molar-refractivity contribution in [1.82, 2.24) is 15.5 Å². The lowest BCUT2D eigenvalue weighted by molar-refractivity contribution is 0.243. The van der Waals surface area contributed by atoms with Crippen LogP contribution in [-0.2, 0) is 13.1 Å². The second kappa shape index (κ2) is 14.4. The molecule has 5 heteroatoms. The fraction of sp³-hybridized carbons (Fsp3) is 0.696. The van der Waals surface area contributed by atoms with Crippen LogP contribution < -0.4 is 10.6 Å². The molecule has 3 N–H and O–H groups in total. The predicted molar refractivity (Wildman–Crippen MR) is 121 cm³/mol. The van der Waals surface area contributed by atoms with E-state index in [-0.39, 0.29) is 6.61 Å². The summed E-state index contributed by atoms with van der Waals surface area (Å²) in [6.07, 6.45) is 1.94. The Morgan fingerprint density at radius 1 is 1.07 bits per heavy atom. The summed E-state index contributed by atoms with van der Waals surface area (Å²) in [5.74, 6) is 1.94. The Morgan fingerprint density at radius 2 is 1.75 bits per heavy atom. The van der Waals surface area contributed by atoms with Crippen LogP contribution in [0.4, 0.5) is 0 Å². The van der Waals surface area contributed by atoms with Gasteiger partial charge in [0.05, 0.1) is 6.54 Å². The molecule has 0 amide bonds. The van der Waals surface area contributed by atoms with Crippen LogP contribution in [0.2, 0.25) is 0 Å². The van der Waals surface area contributed by atoms with Crippen LogP contribution in [0.25, 0.3) is 0 Å². The van der Waals surface area contributed by atoms with E-state index in [1.54, 1.807) is 0 Å². The molecule has 28 heavy (non-hydrogen) atoms. The maximum atomic E-state index is 9.34. The van der Waals surface area contributed by atoms with Crippen molar-refractivity contribution in [3.63, 3.8) is 0 Å². The van der Waals surface area contributed by atoms with E-state index < -0.39 is 0 Å². The Balaban J connectivity index is 2.78. The van der Waals surface area contributed by atoms with E-state index in [0.717, 1.165) is 51.5 Å². The van der Waals surface area contributed by atoms with Gasteiger partial charge < -0.3 is 15.7 Å². The molecule has 0 saturated carbocycles. The minimum atomic E-state index is 0.242. The van der Waals surface area contributed by atoms with E-state index in [1.165, 1.54) is 11.1 Å². The topological polar surface area (TPSA) is 59.9 Å². The Hall–Kier alpha value is -1.59. The van der Waals surface area contributed by atoms with Crippen LogP contribution in [0.5, 0.6) is 0 Å². The van der Waals surface area contributed by atoms with Crippen LogP contribution in [0.15, 0.2) is 29.3 Å². The third kappa shape index (κ3) is 9.56. The van der Waals surface area contributed by atoms with Gasteiger partial charge in [0.25, 0.3) is 0 Å². The van der Waals surface area contributed by atoms with Crippen LogP contribution in [-0.4, -0.2) is 48.8 Å². The van der Waals surface area contributed by atoms with Crippen molar-refractivity contribution in [3.8, 4) is 0 Å². The fourth-order valence-electron chi connectivity index (χ4n) is 3.45. The van der Waals surface area contributed by atoms with E-state index in [4.69, 9.17) is 4.99 Å². The molecule has 1 aromatic carbocycles. The molecule has 1 unspecified atom stereocenters. The molecule has 0 saturated heterocycles. The number of aliphatic imine (C=N–C) groups is 1. The first-order valence-electron chi connectivity index (χ1n) is 11.0. The molecule has 0 fully saturated rings. The molecule has 160 valence electrons. The van der Waals surface area contributed by atoms with Crippen molar-refractivity contribution in [2.45, 2.75) is 60.5 Å². The number of guanidine groups is 1. The normalized spacial score (nSPS) is 13.2. The third-order valence-electron chi connectivity index (χ3n) is 5.06. The van der Waals surface area contributed by atoms with Crippen molar-refractivity contribution >= 4 is 5.96 Å². The molecule has 1 aromatic rings. The fourth-order valence-corrected chi connectivity index (χ4v) is 3.45. The smallest absolute Gasteiger partial charge is 0.191 e. The summed E-state index contributed by atoms with van der Waals surface area (Å²) in [4.78, 5) is 7.26. The predicted octanol–water partition coefficient (Wildman–Crippen LogP) is 3.63. The number of hydrogen-bond acceptors (Lipinski definition) is 3. The largest absolute Gasteiger partial charge is 0.396 e. The molecule has 0 aliphatic rings. The molecule has 0 aromatic heterocycles. The van der Waals surface area contributed by atoms with Gasteiger partial charge in [-0.3, -0.25) is 4.90 Å². The van der Waals surface area contributed by atoms with Gasteiger partial charge in [-0.1, -0.05) is 52.0 Å². The lowest BCUT2D eigenvalue weighted by atomic mass is 9.94. The highest BCUT2D eigenvalue weighted by Crippen LogP contribution is 2.15.